The zero-order valence-corrected chi connectivity index (χ0v) is 18.2. The van der Waals surface area contributed by atoms with Crippen LogP contribution in [0.4, 0.5) is 0 Å². The van der Waals surface area contributed by atoms with Gasteiger partial charge in [-0.15, -0.1) is 0 Å². The average Bonchev–Trinajstić information content (AvgIpc) is 2.70. The maximum absolute atomic E-state index is 9.77. The lowest BCUT2D eigenvalue weighted by molar-refractivity contribution is -0.367. The van der Waals surface area contributed by atoms with Gasteiger partial charge in [-0.1, -0.05) is 24.3 Å². The molecule has 0 spiro atoms. The molecule has 10 heteroatoms. The second-order valence-corrected chi connectivity index (χ2v) is 6.49. The van der Waals surface area contributed by atoms with Crippen LogP contribution in [0.1, 0.15) is 36.8 Å². The summed E-state index contributed by atoms with van der Waals surface area (Å²) in [4.78, 5) is 19.5. The number of carboxylic acid groups (broad SMARTS) is 2. The summed E-state index contributed by atoms with van der Waals surface area (Å²) < 4.78 is 0. The van der Waals surface area contributed by atoms with Gasteiger partial charge in [0.05, 0.1) is 13.1 Å². The summed E-state index contributed by atoms with van der Waals surface area (Å²) in [7, 11) is 0. The monoisotopic (exact) mass is 456 g/mol. The average molecular weight is 457 g/mol. The summed E-state index contributed by atoms with van der Waals surface area (Å²) in [5.41, 5.74) is 9.94. The Kier molecular flexibility index (Phi) is 22.0. The molecule has 0 atom stereocenters. The predicted molar refractivity (Wildman–Crippen MR) is 115 cm³/mol. The molecule has 0 aromatic heterocycles. The van der Waals surface area contributed by atoms with Gasteiger partial charge in [-0.3, -0.25) is 0 Å². The first kappa shape index (κ1) is 33.5. The molecule has 0 amide bonds. The Bertz CT molecular complexity index is 658. The number of aliphatic carboxylic acids is 2. The second-order valence-electron chi connectivity index (χ2n) is 6.49. The molecule has 0 radical (unpaired) electrons. The van der Waals surface area contributed by atoms with E-state index in [4.69, 9.17) is 10.2 Å². The Labute approximate surface area is 187 Å². The minimum absolute atomic E-state index is 0. The zero-order valence-electron chi connectivity index (χ0n) is 18.2. The van der Waals surface area contributed by atoms with Crippen LogP contribution in [0, 0.1) is 0 Å². The van der Waals surface area contributed by atoms with Crippen LogP contribution < -0.4 is 21.7 Å². The van der Waals surface area contributed by atoms with Gasteiger partial charge in [-0.2, -0.15) is 0 Å². The van der Waals surface area contributed by atoms with Crippen LogP contribution in [0.3, 0.4) is 0 Å². The number of hydrogen-bond donors (Lipinski definition) is 4. The molecule has 2 rings (SSSR count). The Morgan fingerprint density at radius 2 is 0.938 bits per heavy atom. The number of carbonyl (C=O) groups excluding carboxylic acids is 2. The van der Waals surface area contributed by atoms with Crippen LogP contribution in [0.5, 0.6) is 11.5 Å². The molecule has 0 unspecified atom stereocenters. The quantitative estimate of drug-likeness (QED) is 0.282. The number of phenols is 2. The highest BCUT2D eigenvalue weighted by Gasteiger charge is 1.92. The fraction of sp³-hybridized carbons (Fsp3) is 0.364. The third-order valence-electron chi connectivity index (χ3n) is 3.82. The minimum Gasteiger partial charge on any atom is -0.550 e. The van der Waals surface area contributed by atoms with Crippen LogP contribution in [0.2, 0.25) is 0 Å². The number of quaternary nitrogens is 2. The summed E-state index contributed by atoms with van der Waals surface area (Å²) in [6, 6.07) is 14.5. The molecular formula is C22H36N2O8. The lowest BCUT2D eigenvalue weighted by Crippen LogP contribution is -2.51. The molecule has 0 bridgehead atoms. The molecule has 2 aromatic carbocycles. The maximum Gasteiger partial charge on any atom is 0.115 e. The van der Waals surface area contributed by atoms with Crippen molar-refractivity contribution in [1.29, 1.82) is 0 Å². The van der Waals surface area contributed by atoms with E-state index in [0.29, 0.717) is 24.3 Å². The van der Waals surface area contributed by atoms with Gasteiger partial charge in [0.2, 0.25) is 0 Å². The standard InChI is InChI=1S/2C8H11NO.C6H10O4.2H2O/c2*9-6-5-7-1-3-8(10)4-2-7;7-5(8)3-1-2-4-6(9)10;;/h2*1-4,10H,5-6,9H2;1-4H2,(H,7,8)(H,9,10);2*1H2. The number of phenolic OH excluding ortho intramolecular Hbond substituents is 2. The van der Waals surface area contributed by atoms with E-state index in [2.05, 4.69) is 11.5 Å². The summed E-state index contributed by atoms with van der Waals surface area (Å²) in [6.45, 7) is 1.82. The number of benzene rings is 2. The molecule has 0 aliphatic heterocycles. The van der Waals surface area contributed by atoms with Crippen molar-refractivity contribution in [3.8, 4) is 11.5 Å². The highest BCUT2D eigenvalue weighted by Crippen LogP contribution is 2.09. The van der Waals surface area contributed by atoms with Crippen LogP contribution in [0.25, 0.3) is 0 Å². The van der Waals surface area contributed by atoms with Crippen LogP contribution in [-0.2, 0) is 22.4 Å². The minimum atomic E-state index is -1.14. The first-order valence-electron chi connectivity index (χ1n) is 9.82. The normalized spacial score (nSPS) is 8.94. The highest BCUT2D eigenvalue weighted by molar-refractivity contribution is 5.65. The summed E-state index contributed by atoms with van der Waals surface area (Å²) in [5.74, 6) is -1.63. The van der Waals surface area contributed by atoms with Crippen molar-refractivity contribution in [2.24, 2.45) is 0 Å². The van der Waals surface area contributed by atoms with E-state index >= 15 is 0 Å². The van der Waals surface area contributed by atoms with E-state index in [1.54, 1.807) is 24.3 Å². The molecule has 10 nitrogen and oxygen atoms in total. The first-order valence-corrected chi connectivity index (χ1v) is 9.82. The summed E-state index contributed by atoms with van der Waals surface area (Å²) >= 11 is 0. The number of carboxylic acids is 2. The lowest BCUT2D eigenvalue weighted by atomic mass is 10.1. The molecule has 32 heavy (non-hydrogen) atoms. The molecule has 0 heterocycles. The van der Waals surface area contributed by atoms with Crippen LogP contribution >= 0.6 is 0 Å². The van der Waals surface area contributed by atoms with Gasteiger partial charge < -0.3 is 52.4 Å². The molecule has 0 aliphatic rings. The third-order valence-corrected chi connectivity index (χ3v) is 3.82. The Morgan fingerprint density at radius 1 is 0.656 bits per heavy atom. The molecule has 0 saturated carbocycles. The smallest absolute Gasteiger partial charge is 0.115 e. The van der Waals surface area contributed by atoms with Crippen molar-refractivity contribution >= 4 is 11.9 Å². The van der Waals surface area contributed by atoms with E-state index in [1.165, 1.54) is 11.1 Å². The molecule has 0 fully saturated rings. The van der Waals surface area contributed by atoms with Crippen molar-refractivity contribution in [3.05, 3.63) is 59.7 Å². The molecular weight excluding hydrogens is 420 g/mol. The van der Waals surface area contributed by atoms with Crippen molar-refractivity contribution in [1.82, 2.24) is 0 Å². The van der Waals surface area contributed by atoms with Gasteiger partial charge in [0.25, 0.3) is 0 Å². The topological polar surface area (TPSA) is 239 Å². The van der Waals surface area contributed by atoms with Gasteiger partial charge in [-0.25, -0.2) is 0 Å². The largest absolute Gasteiger partial charge is 0.550 e. The number of rotatable bonds is 9. The SMILES string of the molecule is O.O.O=C([O-])CCCCC(=O)[O-].[NH3+]CCc1ccc(O)cc1.[NH3+]CCc1ccc(O)cc1. The van der Waals surface area contributed by atoms with Crippen LogP contribution in [0.15, 0.2) is 48.5 Å². The number of aromatic hydroxyl groups is 2. The Balaban J connectivity index is -0.000000382. The number of carbonyl (C=O) groups is 2. The number of hydrogen-bond acceptors (Lipinski definition) is 6. The molecule has 2 aromatic rings. The molecule has 0 saturated heterocycles. The highest BCUT2D eigenvalue weighted by atomic mass is 16.4. The van der Waals surface area contributed by atoms with Crippen molar-refractivity contribution < 1.29 is 52.4 Å². The second kappa shape index (κ2) is 21.1. The van der Waals surface area contributed by atoms with Gasteiger partial charge in [0.1, 0.15) is 11.5 Å². The predicted octanol–water partition coefficient (Wildman–Crippen LogP) is -3.25. The first-order chi connectivity index (χ1) is 14.3. The van der Waals surface area contributed by atoms with E-state index in [1.807, 2.05) is 24.3 Å². The van der Waals surface area contributed by atoms with Gasteiger partial charge >= 0.3 is 0 Å². The number of unbranched alkanes of at least 4 members (excludes halogenated alkanes) is 1. The Hall–Kier alpha value is -3.18. The summed E-state index contributed by atoms with van der Waals surface area (Å²) in [5, 5.41) is 37.4. The molecule has 182 valence electrons. The maximum atomic E-state index is 9.77. The third kappa shape index (κ3) is 20.1. The zero-order chi connectivity index (χ0) is 22.8. The van der Waals surface area contributed by atoms with Gasteiger partial charge in [0, 0.05) is 24.8 Å². The fourth-order valence-electron chi connectivity index (χ4n) is 2.27. The molecule has 12 N–H and O–H groups in total. The van der Waals surface area contributed by atoms with Crippen molar-refractivity contribution in [2.75, 3.05) is 13.1 Å². The summed E-state index contributed by atoms with van der Waals surface area (Å²) in [6.07, 6.45) is 2.51. The fourth-order valence-corrected chi connectivity index (χ4v) is 2.27. The van der Waals surface area contributed by atoms with E-state index in [0.717, 1.165) is 25.9 Å². The van der Waals surface area contributed by atoms with Gasteiger partial charge in [-0.05, 0) is 61.1 Å². The van der Waals surface area contributed by atoms with E-state index < -0.39 is 11.9 Å². The Morgan fingerprint density at radius 3 is 1.16 bits per heavy atom. The van der Waals surface area contributed by atoms with Crippen molar-refractivity contribution in [2.45, 2.75) is 38.5 Å². The van der Waals surface area contributed by atoms with Crippen molar-refractivity contribution in [3.63, 3.8) is 0 Å². The molecule has 0 aliphatic carbocycles. The van der Waals surface area contributed by atoms with E-state index in [9.17, 15) is 19.8 Å². The lowest BCUT2D eigenvalue weighted by Gasteiger charge is -2.01. The van der Waals surface area contributed by atoms with Crippen LogP contribution in [-0.4, -0.2) is 46.2 Å². The van der Waals surface area contributed by atoms with E-state index in [-0.39, 0.29) is 23.8 Å². The van der Waals surface area contributed by atoms with Gasteiger partial charge in [0.15, 0.2) is 0 Å².